The van der Waals surface area contributed by atoms with Gasteiger partial charge in [-0.1, -0.05) is 18.2 Å². The fraction of sp³-hybridized carbons (Fsp3) is 0.611. The second-order valence-electron chi connectivity index (χ2n) is 6.92. The van der Waals surface area contributed by atoms with Crippen molar-refractivity contribution in [2.75, 3.05) is 26.7 Å². The van der Waals surface area contributed by atoms with Gasteiger partial charge in [0.2, 0.25) is 5.91 Å². The summed E-state index contributed by atoms with van der Waals surface area (Å²) in [5.74, 6) is 1.50. The number of carbonyl (C=O) groups is 1. The summed E-state index contributed by atoms with van der Waals surface area (Å²) in [4.78, 5) is 15.0. The van der Waals surface area contributed by atoms with Gasteiger partial charge in [0, 0.05) is 36.0 Å². The highest BCUT2D eigenvalue weighted by Gasteiger charge is 2.61. The summed E-state index contributed by atoms with van der Waals surface area (Å²) in [7, 11) is 1.99. The van der Waals surface area contributed by atoms with Crippen LogP contribution in [0.4, 0.5) is 0 Å². The Morgan fingerprint density at radius 1 is 1.39 bits per heavy atom. The van der Waals surface area contributed by atoms with E-state index in [4.69, 9.17) is 4.74 Å². The number of ether oxygens (including phenoxy) is 1. The van der Waals surface area contributed by atoms with Crippen LogP contribution in [-0.2, 0) is 10.2 Å². The molecule has 0 aromatic heterocycles. The highest BCUT2D eigenvalue weighted by atomic mass is 35.5. The van der Waals surface area contributed by atoms with Gasteiger partial charge >= 0.3 is 0 Å². The Bertz CT molecular complexity index is 594. The van der Waals surface area contributed by atoms with Crippen LogP contribution in [0, 0.1) is 5.92 Å². The molecule has 5 heteroatoms. The third kappa shape index (κ3) is 2.72. The van der Waals surface area contributed by atoms with Crippen molar-refractivity contribution in [3.63, 3.8) is 0 Å². The summed E-state index contributed by atoms with van der Waals surface area (Å²) < 4.78 is 5.77. The van der Waals surface area contributed by atoms with Crippen LogP contribution in [0.5, 0.6) is 5.75 Å². The molecule has 1 saturated carbocycles. The molecule has 1 aromatic carbocycles. The molecular weight excluding hydrogens is 312 g/mol. The number of fused-ring (bicyclic) bond motifs is 2. The summed E-state index contributed by atoms with van der Waals surface area (Å²) >= 11 is 0. The Morgan fingerprint density at radius 2 is 2.22 bits per heavy atom. The van der Waals surface area contributed by atoms with Crippen LogP contribution in [0.1, 0.15) is 31.2 Å². The van der Waals surface area contributed by atoms with E-state index >= 15 is 0 Å². The van der Waals surface area contributed by atoms with E-state index in [0.29, 0.717) is 11.9 Å². The number of rotatable bonds is 2. The number of para-hydroxylation sites is 1. The number of carbonyl (C=O) groups excluding carboxylic acids is 1. The van der Waals surface area contributed by atoms with Crippen LogP contribution in [0.25, 0.3) is 0 Å². The van der Waals surface area contributed by atoms with Gasteiger partial charge < -0.3 is 15.0 Å². The lowest BCUT2D eigenvalue weighted by Crippen LogP contribution is -2.48. The van der Waals surface area contributed by atoms with Crippen molar-refractivity contribution < 1.29 is 9.53 Å². The maximum atomic E-state index is 13.0. The van der Waals surface area contributed by atoms with Gasteiger partial charge in [-0.3, -0.25) is 4.79 Å². The molecule has 1 spiro atoms. The number of hydrogen-bond acceptors (Lipinski definition) is 3. The van der Waals surface area contributed by atoms with Crippen LogP contribution in [0.3, 0.4) is 0 Å². The molecule has 23 heavy (non-hydrogen) atoms. The zero-order valence-electron chi connectivity index (χ0n) is 13.6. The molecule has 2 aliphatic heterocycles. The standard InChI is InChI=1S/C18H24N2O2.ClH/c1-19-13-5-4-9-20(12-13)17(21)15-11-18(15)8-10-22-16-7-3-2-6-14(16)18;/h2-3,6-7,13,15,19H,4-5,8-12H2,1H3;1H. The molecule has 126 valence electrons. The number of benzene rings is 1. The summed E-state index contributed by atoms with van der Waals surface area (Å²) in [6.07, 6.45) is 4.25. The molecule has 4 rings (SSSR count). The monoisotopic (exact) mass is 336 g/mol. The van der Waals surface area contributed by atoms with Crippen molar-refractivity contribution in [1.29, 1.82) is 0 Å². The average Bonchev–Trinajstić information content (AvgIpc) is 3.29. The number of nitrogens with one attached hydrogen (secondary N) is 1. The van der Waals surface area contributed by atoms with Crippen LogP contribution >= 0.6 is 12.4 Å². The lowest BCUT2D eigenvalue weighted by atomic mass is 9.87. The molecule has 1 aliphatic carbocycles. The van der Waals surface area contributed by atoms with Gasteiger partial charge in [-0.25, -0.2) is 0 Å². The first-order valence-electron chi connectivity index (χ1n) is 8.43. The molecule has 0 radical (unpaired) electrons. The van der Waals surface area contributed by atoms with Gasteiger partial charge in [0.25, 0.3) is 0 Å². The molecule has 1 saturated heterocycles. The molecule has 3 unspecified atom stereocenters. The minimum Gasteiger partial charge on any atom is -0.493 e. The molecule has 1 aromatic rings. The van der Waals surface area contributed by atoms with Crippen LogP contribution in [0.15, 0.2) is 24.3 Å². The van der Waals surface area contributed by atoms with Crippen LogP contribution in [0.2, 0.25) is 0 Å². The van der Waals surface area contributed by atoms with Crippen LogP contribution in [-0.4, -0.2) is 43.6 Å². The molecular formula is C18H25ClN2O2. The van der Waals surface area contributed by atoms with Gasteiger partial charge in [0.15, 0.2) is 0 Å². The number of piperidine rings is 1. The van der Waals surface area contributed by atoms with Crippen molar-refractivity contribution in [2.45, 2.75) is 37.1 Å². The zero-order valence-corrected chi connectivity index (χ0v) is 14.4. The largest absolute Gasteiger partial charge is 0.493 e. The fourth-order valence-electron chi connectivity index (χ4n) is 4.32. The Labute approximate surface area is 144 Å². The smallest absolute Gasteiger partial charge is 0.226 e. The molecule has 1 N–H and O–H groups in total. The van der Waals surface area contributed by atoms with E-state index in [1.807, 2.05) is 19.2 Å². The second-order valence-corrected chi connectivity index (χ2v) is 6.92. The van der Waals surface area contributed by atoms with Crippen molar-refractivity contribution in [2.24, 2.45) is 5.92 Å². The van der Waals surface area contributed by atoms with E-state index in [2.05, 4.69) is 22.3 Å². The van der Waals surface area contributed by atoms with E-state index in [9.17, 15) is 4.79 Å². The van der Waals surface area contributed by atoms with E-state index < -0.39 is 0 Å². The maximum Gasteiger partial charge on any atom is 0.226 e. The Balaban J connectivity index is 0.00000156. The van der Waals surface area contributed by atoms with E-state index in [0.717, 1.165) is 44.7 Å². The second kappa shape index (κ2) is 6.33. The summed E-state index contributed by atoms with van der Waals surface area (Å²) in [5.41, 5.74) is 1.31. The summed E-state index contributed by atoms with van der Waals surface area (Å²) in [6, 6.07) is 8.71. The molecule has 3 aliphatic rings. The van der Waals surface area contributed by atoms with Crippen molar-refractivity contribution in [3.05, 3.63) is 29.8 Å². The number of amides is 1. The van der Waals surface area contributed by atoms with E-state index in [1.165, 1.54) is 12.0 Å². The van der Waals surface area contributed by atoms with Crippen molar-refractivity contribution in [1.82, 2.24) is 10.2 Å². The third-order valence-corrected chi connectivity index (χ3v) is 5.74. The topological polar surface area (TPSA) is 41.6 Å². The third-order valence-electron chi connectivity index (χ3n) is 5.74. The first kappa shape index (κ1) is 16.6. The normalized spacial score (nSPS) is 31.8. The summed E-state index contributed by atoms with van der Waals surface area (Å²) in [5, 5.41) is 3.32. The van der Waals surface area contributed by atoms with Crippen molar-refractivity contribution in [3.8, 4) is 5.75 Å². The van der Waals surface area contributed by atoms with Gasteiger partial charge in [0.1, 0.15) is 5.75 Å². The Morgan fingerprint density at radius 3 is 3.04 bits per heavy atom. The Hall–Kier alpha value is -1.26. The van der Waals surface area contributed by atoms with Gasteiger partial charge in [-0.2, -0.15) is 0 Å². The number of likely N-dealkylation sites (tertiary alicyclic amines) is 1. The van der Waals surface area contributed by atoms with Gasteiger partial charge in [0.05, 0.1) is 6.61 Å². The summed E-state index contributed by atoms with van der Waals surface area (Å²) in [6.45, 7) is 2.52. The molecule has 0 bridgehead atoms. The highest BCUT2D eigenvalue weighted by molar-refractivity contribution is 5.85. The lowest BCUT2D eigenvalue weighted by molar-refractivity contribution is -0.134. The first-order chi connectivity index (χ1) is 10.7. The SMILES string of the molecule is CNC1CCCN(C(=O)C2CC23CCOc2ccccc23)C1.Cl. The minimum absolute atomic E-state index is 0. The highest BCUT2D eigenvalue weighted by Crippen LogP contribution is 2.61. The first-order valence-corrected chi connectivity index (χ1v) is 8.43. The molecule has 3 atom stereocenters. The maximum absolute atomic E-state index is 13.0. The average molecular weight is 337 g/mol. The number of halogens is 1. The fourth-order valence-corrected chi connectivity index (χ4v) is 4.32. The minimum atomic E-state index is 0. The molecule has 2 fully saturated rings. The molecule has 2 heterocycles. The Kier molecular flexibility index (Phi) is 4.56. The molecule has 1 amide bonds. The molecule has 4 nitrogen and oxygen atoms in total. The quantitative estimate of drug-likeness (QED) is 0.901. The van der Waals surface area contributed by atoms with E-state index in [1.54, 1.807) is 0 Å². The lowest BCUT2D eigenvalue weighted by Gasteiger charge is -2.34. The van der Waals surface area contributed by atoms with Gasteiger partial charge in [-0.15, -0.1) is 12.4 Å². The number of nitrogens with zero attached hydrogens (tertiary/aromatic N) is 1. The van der Waals surface area contributed by atoms with E-state index in [-0.39, 0.29) is 23.7 Å². The van der Waals surface area contributed by atoms with Gasteiger partial charge in [-0.05, 0) is 38.8 Å². The number of hydrogen-bond donors (Lipinski definition) is 1. The zero-order chi connectivity index (χ0) is 15.2. The van der Waals surface area contributed by atoms with Crippen LogP contribution < -0.4 is 10.1 Å². The number of likely N-dealkylation sites (N-methyl/N-ethyl adjacent to an activating group) is 1. The van der Waals surface area contributed by atoms with Crippen molar-refractivity contribution >= 4 is 18.3 Å². The predicted octanol–water partition coefficient (Wildman–Crippen LogP) is 2.36. The predicted molar refractivity (Wildman–Crippen MR) is 92.2 cm³/mol.